The molecule has 1 N–H and O–H groups in total. The van der Waals surface area contributed by atoms with Crippen LogP contribution in [-0.2, 0) is 20.4 Å². The van der Waals surface area contributed by atoms with Gasteiger partial charge in [0, 0.05) is 12.4 Å². The van der Waals surface area contributed by atoms with E-state index in [0.29, 0.717) is 5.56 Å². The summed E-state index contributed by atoms with van der Waals surface area (Å²) in [6.07, 6.45) is 0. The van der Waals surface area contributed by atoms with Crippen LogP contribution < -0.4 is 5.32 Å². The van der Waals surface area contributed by atoms with E-state index < -0.39 is 21.5 Å². The second kappa shape index (κ2) is 6.61. The largest absolute Gasteiger partial charge is 0.354 e. The maximum absolute atomic E-state index is 11.7. The first-order chi connectivity index (χ1) is 8.03. The molecule has 0 radical (unpaired) electrons. The van der Waals surface area contributed by atoms with Gasteiger partial charge in [-0.1, -0.05) is 30.3 Å². The number of hydrogen-bond acceptors (Lipinski definition) is 3. The maximum atomic E-state index is 11.7. The van der Waals surface area contributed by atoms with Crippen LogP contribution in [0.15, 0.2) is 30.3 Å². The molecule has 0 aliphatic rings. The number of carbonyl (C=O) groups excluding carboxylic acids is 1. The number of halogens is 1. The van der Waals surface area contributed by atoms with Gasteiger partial charge in [0.05, 0.1) is 5.75 Å². The van der Waals surface area contributed by atoms with Gasteiger partial charge in [-0.2, -0.15) is 0 Å². The van der Waals surface area contributed by atoms with Crippen LogP contribution in [0, 0.1) is 0 Å². The minimum Gasteiger partial charge on any atom is -0.354 e. The molecule has 4 nitrogen and oxygen atoms in total. The normalized spacial score (nSPS) is 11.1. The molecule has 0 saturated carbocycles. The van der Waals surface area contributed by atoms with Crippen LogP contribution in [0.5, 0.6) is 0 Å². The van der Waals surface area contributed by atoms with Crippen molar-refractivity contribution in [3.63, 3.8) is 0 Å². The summed E-state index contributed by atoms with van der Waals surface area (Å²) >= 11 is 5.38. The zero-order chi connectivity index (χ0) is 12.7. The van der Waals surface area contributed by atoms with Gasteiger partial charge in [0.1, 0.15) is 5.75 Å². The van der Waals surface area contributed by atoms with Gasteiger partial charge in [-0.25, -0.2) is 8.42 Å². The highest BCUT2D eigenvalue weighted by molar-refractivity contribution is 7.91. The molecule has 1 amide bonds. The third kappa shape index (κ3) is 5.70. The lowest BCUT2D eigenvalue weighted by Crippen LogP contribution is -2.32. The Hall–Kier alpha value is -1.07. The Bertz CT molecular complexity index is 459. The summed E-state index contributed by atoms with van der Waals surface area (Å²) in [6.45, 7) is 0.279. The van der Waals surface area contributed by atoms with Gasteiger partial charge in [0.15, 0.2) is 9.84 Å². The summed E-state index contributed by atoms with van der Waals surface area (Å²) in [5, 5.41) is 2.42. The Balaban J connectivity index is 2.55. The summed E-state index contributed by atoms with van der Waals surface area (Å²) in [6, 6.07) is 8.77. The lowest BCUT2D eigenvalue weighted by atomic mass is 10.2. The average molecular weight is 276 g/mol. The Morgan fingerprint density at radius 3 is 2.47 bits per heavy atom. The zero-order valence-electron chi connectivity index (χ0n) is 9.23. The Labute approximate surface area is 106 Å². The SMILES string of the molecule is O=C(CS(=O)(=O)Cc1ccccc1)NCCCl. The molecule has 0 aliphatic carbocycles. The molecule has 94 valence electrons. The van der Waals surface area contributed by atoms with Gasteiger partial charge in [-0.3, -0.25) is 4.79 Å². The Morgan fingerprint density at radius 2 is 1.88 bits per heavy atom. The molecule has 1 rings (SSSR count). The van der Waals surface area contributed by atoms with Crippen LogP contribution >= 0.6 is 11.6 Å². The van der Waals surface area contributed by atoms with Crippen LogP contribution in [0.3, 0.4) is 0 Å². The summed E-state index contributed by atoms with van der Waals surface area (Å²) < 4.78 is 23.4. The van der Waals surface area contributed by atoms with E-state index in [-0.39, 0.29) is 18.2 Å². The monoisotopic (exact) mass is 275 g/mol. The molecule has 0 fully saturated rings. The number of amides is 1. The molecule has 0 aromatic heterocycles. The van der Waals surface area contributed by atoms with Crippen molar-refractivity contribution in [2.45, 2.75) is 5.75 Å². The van der Waals surface area contributed by atoms with E-state index in [9.17, 15) is 13.2 Å². The van der Waals surface area contributed by atoms with Crippen LogP contribution in [0.2, 0.25) is 0 Å². The highest BCUT2D eigenvalue weighted by Gasteiger charge is 2.16. The predicted octanol–water partition coefficient (Wildman–Crippen LogP) is 0.956. The number of rotatable bonds is 6. The number of carbonyl (C=O) groups is 1. The first-order valence-electron chi connectivity index (χ1n) is 5.10. The van der Waals surface area contributed by atoms with Gasteiger partial charge in [-0.05, 0) is 5.56 Å². The second-order valence-corrected chi connectivity index (χ2v) is 6.00. The molecule has 6 heteroatoms. The highest BCUT2D eigenvalue weighted by Crippen LogP contribution is 2.05. The molecule has 17 heavy (non-hydrogen) atoms. The maximum Gasteiger partial charge on any atom is 0.235 e. The summed E-state index contributed by atoms with van der Waals surface area (Å²) in [5.74, 6) is -0.868. The van der Waals surface area contributed by atoms with Crippen LogP contribution in [0.1, 0.15) is 5.56 Å². The van der Waals surface area contributed by atoms with Crippen LogP contribution in [-0.4, -0.2) is 32.5 Å². The minimum atomic E-state index is -3.42. The fourth-order valence-corrected chi connectivity index (χ4v) is 2.72. The third-order valence-electron chi connectivity index (χ3n) is 2.00. The molecule has 0 atom stereocenters. The predicted molar refractivity (Wildman–Crippen MR) is 67.7 cm³/mol. The van der Waals surface area contributed by atoms with Gasteiger partial charge in [-0.15, -0.1) is 11.6 Å². The molecule has 1 aromatic rings. The van der Waals surface area contributed by atoms with Gasteiger partial charge in [0.25, 0.3) is 0 Å². The topological polar surface area (TPSA) is 63.2 Å². The minimum absolute atomic E-state index is 0.123. The van der Waals surface area contributed by atoms with E-state index in [1.807, 2.05) is 6.07 Å². The molecule has 0 spiro atoms. The van der Waals surface area contributed by atoms with Crippen molar-refractivity contribution >= 4 is 27.3 Å². The van der Waals surface area contributed by atoms with Crippen molar-refractivity contribution in [1.29, 1.82) is 0 Å². The number of nitrogens with one attached hydrogen (secondary N) is 1. The zero-order valence-corrected chi connectivity index (χ0v) is 10.8. The van der Waals surface area contributed by atoms with Gasteiger partial charge in [0.2, 0.25) is 5.91 Å². The van der Waals surface area contributed by atoms with E-state index in [4.69, 9.17) is 11.6 Å². The molecule has 0 saturated heterocycles. The summed E-state index contributed by atoms with van der Waals surface area (Å²) in [7, 11) is -3.42. The number of benzene rings is 1. The van der Waals surface area contributed by atoms with E-state index in [1.165, 1.54) is 0 Å². The molecule has 0 bridgehead atoms. The van der Waals surface area contributed by atoms with Crippen LogP contribution in [0.4, 0.5) is 0 Å². The first-order valence-corrected chi connectivity index (χ1v) is 7.46. The standard InChI is InChI=1S/C11H14ClNO3S/c12-6-7-13-11(14)9-17(15,16)8-10-4-2-1-3-5-10/h1-5H,6-9H2,(H,13,14). The Morgan fingerprint density at radius 1 is 1.24 bits per heavy atom. The Kier molecular flexibility index (Phi) is 5.44. The summed E-state index contributed by atoms with van der Waals surface area (Å²) in [5.41, 5.74) is 0.678. The highest BCUT2D eigenvalue weighted by atomic mass is 35.5. The lowest BCUT2D eigenvalue weighted by Gasteiger charge is -2.05. The number of alkyl halides is 1. The molecular formula is C11H14ClNO3S. The molecular weight excluding hydrogens is 262 g/mol. The lowest BCUT2D eigenvalue weighted by molar-refractivity contribution is -0.118. The van der Waals surface area contributed by atoms with Crippen molar-refractivity contribution < 1.29 is 13.2 Å². The molecule has 1 aromatic carbocycles. The smallest absolute Gasteiger partial charge is 0.235 e. The number of sulfone groups is 1. The number of hydrogen-bond donors (Lipinski definition) is 1. The van der Waals surface area contributed by atoms with Crippen molar-refractivity contribution in [3.05, 3.63) is 35.9 Å². The van der Waals surface area contributed by atoms with Gasteiger partial charge >= 0.3 is 0 Å². The third-order valence-corrected chi connectivity index (χ3v) is 3.66. The van der Waals surface area contributed by atoms with E-state index in [2.05, 4.69) is 5.32 Å². The van der Waals surface area contributed by atoms with Crippen molar-refractivity contribution in [2.75, 3.05) is 18.2 Å². The fourth-order valence-electron chi connectivity index (χ4n) is 1.32. The first kappa shape index (κ1) is 14.0. The van der Waals surface area contributed by atoms with Crippen molar-refractivity contribution in [3.8, 4) is 0 Å². The average Bonchev–Trinajstić information content (AvgIpc) is 2.26. The summed E-state index contributed by atoms with van der Waals surface area (Å²) in [4.78, 5) is 11.3. The van der Waals surface area contributed by atoms with E-state index >= 15 is 0 Å². The van der Waals surface area contributed by atoms with Gasteiger partial charge < -0.3 is 5.32 Å². The van der Waals surface area contributed by atoms with Crippen molar-refractivity contribution in [2.24, 2.45) is 0 Å². The second-order valence-electron chi connectivity index (χ2n) is 3.56. The van der Waals surface area contributed by atoms with E-state index in [1.54, 1.807) is 24.3 Å². The molecule has 0 aliphatic heterocycles. The van der Waals surface area contributed by atoms with Crippen LogP contribution in [0.25, 0.3) is 0 Å². The molecule has 0 heterocycles. The quantitative estimate of drug-likeness (QED) is 0.787. The van der Waals surface area contributed by atoms with Crippen molar-refractivity contribution in [1.82, 2.24) is 5.32 Å². The molecule has 0 unspecified atom stereocenters. The fraction of sp³-hybridized carbons (Fsp3) is 0.364. The van der Waals surface area contributed by atoms with E-state index in [0.717, 1.165) is 0 Å².